The van der Waals surface area contributed by atoms with Crippen LogP contribution in [0.3, 0.4) is 0 Å². The molecule has 4 aromatic rings. The second kappa shape index (κ2) is 8.56. The van der Waals surface area contributed by atoms with E-state index in [0.29, 0.717) is 12.3 Å². The largest absolute Gasteiger partial charge is 0.468 e. The van der Waals surface area contributed by atoms with E-state index in [1.54, 1.807) is 12.1 Å². The molecule has 4 rings (SSSR count). The quantitative estimate of drug-likeness (QED) is 0.390. The second-order valence-corrected chi connectivity index (χ2v) is 9.49. The lowest BCUT2D eigenvalue weighted by atomic mass is 10.2. The van der Waals surface area contributed by atoms with Crippen LogP contribution in [0.15, 0.2) is 71.3 Å². The molecule has 31 heavy (non-hydrogen) atoms. The van der Waals surface area contributed by atoms with Gasteiger partial charge in [-0.3, -0.25) is 4.79 Å². The molecule has 0 aliphatic carbocycles. The summed E-state index contributed by atoms with van der Waals surface area (Å²) in [5.74, 6) is 0.0566. The summed E-state index contributed by atoms with van der Waals surface area (Å²) in [5.41, 5.74) is 2.00. The van der Waals surface area contributed by atoms with Crippen molar-refractivity contribution in [3.63, 3.8) is 0 Å². The number of carbonyl (C=O) groups is 1. The Balaban J connectivity index is 1.71. The minimum absolute atomic E-state index is 0.0138. The number of fused-ring (bicyclic) bond motifs is 3. The number of aromatic nitrogens is 1. The third-order valence-corrected chi connectivity index (χ3v) is 6.40. The molecule has 0 saturated carbocycles. The van der Waals surface area contributed by atoms with Crippen molar-refractivity contribution < 1.29 is 22.4 Å². The number of benzene rings is 2. The second-order valence-electron chi connectivity index (χ2n) is 7.51. The fourth-order valence-electron chi connectivity index (χ4n) is 3.89. The maximum Gasteiger partial charge on any atom is 0.303 e. The molecule has 7 nitrogen and oxygen atoms in total. The highest BCUT2D eigenvalue weighted by atomic mass is 32.2. The van der Waals surface area contributed by atoms with Gasteiger partial charge < -0.3 is 13.7 Å². The average Bonchev–Trinajstić information content (AvgIpc) is 3.33. The van der Waals surface area contributed by atoms with E-state index in [2.05, 4.69) is 16.7 Å². The number of furan rings is 1. The molecule has 0 unspecified atom stereocenters. The van der Waals surface area contributed by atoms with Crippen molar-refractivity contribution in [1.29, 1.82) is 0 Å². The first-order valence-corrected chi connectivity index (χ1v) is 11.8. The summed E-state index contributed by atoms with van der Waals surface area (Å²) in [5, 5.41) is 2.19. The number of hydrogen-bond donors (Lipinski definition) is 0. The van der Waals surface area contributed by atoms with Crippen LogP contribution in [0.25, 0.3) is 21.8 Å². The van der Waals surface area contributed by atoms with Crippen molar-refractivity contribution in [2.45, 2.75) is 26.1 Å². The predicted octanol–water partition coefficient (Wildman–Crippen LogP) is 3.78. The number of ether oxygens (including phenoxy) is 1. The lowest BCUT2D eigenvalue weighted by Gasteiger charge is -2.26. The zero-order valence-electron chi connectivity index (χ0n) is 17.4. The molecule has 0 aliphatic heterocycles. The lowest BCUT2D eigenvalue weighted by molar-refractivity contribution is -0.147. The van der Waals surface area contributed by atoms with Crippen molar-refractivity contribution >= 4 is 37.8 Å². The number of para-hydroxylation sites is 2. The van der Waals surface area contributed by atoms with E-state index < -0.39 is 22.1 Å². The Labute approximate surface area is 180 Å². The van der Waals surface area contributed by atoms with Crippen LogP contribution < -0.4 is 0 Å². The number of sulfonamides is 1. The molecule has 8 heteroatoms. The molecule has 2 heterocycles. The van der Waals surface area contributed by atoms with Gasteiger partial charge in [0, 0.05) is 28.7 Å². The summed E-state index contributed by atoms with van der Waals surface area (Å²) in [7, 11) is -3.56. The van der Waals surface area contributed by atoms with Crippen LogP contribution >= 0.6 is 0 Å². The summed E-state index contributed by atoms with van der Waals surface area (Å²) in [6.45, 7) is 1.73. The van der Waals surface area contributed by atoms with E-state index in [0.717, 1.165) is 28.1 Å². The molecule has 0 aliphatic rings. The van der Waals surface area contributed by atoms with Gasteiger partial charge in [-0.2, -0.15) is 4.31 Å². The molecular formula is C23H24N2O5S. The zero-order chi connectivity index (χ0) is 22.0. The molecule has 2 aromatic carbocycles. The van der Waals surface area contributed by atoms with Gasteiger partial charge in [-0.05, 0) is 24.3 Å². The Morgan fingerprint density at radius 2 is 1.65 bits per heavy atom. The molecular weight excluding hydrogens is 416 g/mol. The van der Waals surface area contributed by atoms with E-state index in [1.165, 1.54) is 17.5 Å². The van der Waals surface area contributed by atoms with Crippen LogP contribution in [-0.2, 0) is 32.6 Å². The number of rotatable bonds is 8. The topological polar surface area (TPSA) is 81.8 Å². The Morgan fingerprint density at radius 1 is 1.03 bits per heavy atom. The first-order chi connectivity index (χ1) is 14.8. The maximum absolute atomic E-state index is 12.4. The monoisotopic (exact) mass is 440 g/mol. The van der Waals surface area contributed by atoms with E-state index in [4.69, 9.17) is 9.15 Å². The molecule has 0 radical (unpaired) electrons. The summed E-state index contributed by atoms with van der Waals surface area (Å²) in [6, 6.07) is 19.4. The van der Waals surface area contributed by atoms with Crippen LogP contribution in [0.2, 0.25) is 0 Å². The molecule has 1 atom stereocenters. The zero-order valence-corrected chi connectivity index (χ0v) is 18.2. The minimum atomic E-state index is -3.56. The van der Waals surface area contributed by atoms with Crippen LogP contribution in [0, 0.1) is 0 Å². The Morgan fingerprint density at radius 3 is 2.16 bits per heavy atom. The molecule has 0 fully saturated rings. The number of esters is 1. The first kappa shape index (κ1) is 21.1. The Hall–Kier alpha value is -3.10. The highest BCUT2D eigenvalue weighted by Crippen LogP contribution is 2.29. The van der Waals surface area contributed by atoms with E-state index >= 15 is 0 Å². The van der Waals surface area contributed by atoms with Crippen LogP contribution in [-0.4, -0.2) is 42.2 Å². The van der Waals surface area contributed by atoms with Gasteiger partial charge in [0.2, 0.25) is 10.0 Å². The SMILES string of the molecule is CC(=O)O[C@H](CN(Cc1ccco1)S(C)(=O)=O)Cn1c2ccccc2c2ccccc21. The molecule has 0 bridgehead atoms. The van der Waals surface area contributed by atoms with Gasteiger partial charge in [-0.15, -0.1) is 0 Å². The summed E-state index contributed by atoms with van der Waals surface area (Å²) >= 11 is 0. The fraction of sp³-hybridized carbons (Fsp3) is 0.261. The van der Waals surface area contributed by atoms with Crippen molar-refractivity contribution in [2.75, 3.05) is 12.8 Å². The normalized spacial score (nSPS) is 13.1. The van der Waals surface area contributed by atoms with Crippen molar-refractivity contribution in [3.05, 3.63) is 72.7 Å². The molecule has 0 N–H and O–H groups in total. The standard InChI is InChI=1S/C23H24N2O5S/c1-17(26)30-19(15-24(31(2,27)28)14-18-8-7-13-29-18)16-25-22-11-5-3-9-20(22)21-10-4-6-12-23(21)25/h3-13,19H,14-16H2,1-2H3/t19-/m1/s1. The van der Waals surface area contributed by atoms with E-state index in [9.17, 15) is 13.2 Å². The van der Waals surface area contributed by atoms with Crippen molar-refractivity contribution in [3.8, 4) is 0 Å². The Bertz CT molecular complexity index is 1260. The maximum atomic E-state index is 12.4. The summed E-state index contributed by atoms with van der Waals surface area (Å²) in [4.78, 5) is 11.8. The van der Waals surface area contributed by atoms with Gasteiger partial charge in [0.15, 0.2) is 0 Å². The average molecular weight is 441 g/mol. The van der Waals surface area contributed by atoms with Gasteiger partial charge in [0.25, 0.3) is 0 Å². The van der Waals surface area contributed by atoms with Gasteiger partial charge >= 0.3 is 5.97 Å². The Kier molecular flexibility index (Phi) is 5.84. The van der Waals surface area contributed by atoms with Crippen LogP contribution in [0.4, 0.5) is 0 Å². The highest BCUT2D eigenvalue weighted by Gasteiger charge is 2.26. The molecule has 2 aromatic heterocycles. The summed E-state index contributed by atoms with van der Waals surface area (Å²) < 4.78 is 39.1. The highest BCUT2D eigenvalue weighted by molar-refractivity contribution is 7.88. The van der Waals surface area contributed by atoms with Gasteiger partial charge in [0.1, 0.15) is 11.9 Å². The fourth-order valence-corrected chi connectivity index (χ4v) is 4.69. The van der Waals surface area contributed by atoms with Crippen LogP contribution in [0.1, 0.15) is 12.7 Å². The van der Waals surface area contributed by atoms with Crippen molar-refractivity contribution in [2.24, 2.45) is 0 Å². The smallest absolute Gasteiger partial charge is 0.303 e. The molecule has 0 amide bonds. The van der Waals surface area contributed by atoms with Gasteiger partial charge in [-0.25, -0.2) is 8.42 Å². The third-order valence-electron chi connectivity index (χ3n) is 5.19. The summed E-state index contributed by atoms with van der Waals surface area (Å²) in [6.07, 6.45) is 1.96. The van der Waals surface area contributed by atoms with Crippen LogP contribution in [0.5, 0.6) is 0 Å². The predicted molar refractivity (Wildman–Crippen MR) is 119 cm³/mol. The van der Waals surface area contributed by atoms with Gasteiger partial charge in [-0.1, -0.05) is 36.4 Å². The molecule has 162 valence electrons. The third kappa shape index (κ3) is 4.65. The number of carbonyl (C=O) groups excluding carboxylic acids is 1. The first-order valence-electron chi connectivity index (χ1n) is 9.93. The lowest BCUT2D eigenvalue weighted by Crippen LogP contribution is -2.40. The van der Waals surface area contributed by atoms with Crippen molar-refractivity contribution in [1.82, 2.24) is 8.87 Å². The molecule has 0 spiro atoms. The van der Waals surface area contributed by atoms with E-state index in [1.807, 2.05) is 36.4 Å². The minimum Gasteiger partial charge on any atom is -0.468 e. The number of hydrogen-bond acceptors (Lipinski definition) is 5. The number of nitrogens with zero attached hydrogens (tertiary/aromatic N) is 2. The molecule has 0 saturated heterocycles. The van der Waals surface area contributed by atoms with E-state index in [-0.39, 0.29) is 13.1 Å². The van der Waals surface area contributed by atoms with Gasteiger partial charge in [0.05, 0.1) is 32.2 Å².